The average Bonchev–Trinajstić information content (AvgIpc) is 1.93. The maximum Gasteiger partial charge on any atom is 0.0705 e. The van der Waals surface area contributed by atoms with E-state index in [1.165, 1.54) is 9.15 Å². The molecule has 0 amide bonds. The zero-order chi connectivity index (χ0) is 7.72. The van der Waals surface area contributed by atoms with Crippen molar-refractivity contribution < 1.29 is 0 Å². The van der Waals surface area contributed by atoms with E-state index in [-0.39, 0.29) is 5.38 Å². The average molecular weight is 269 g/mol. The Morgan fingerprint density at radius 3 is 2.60 bits per heavy atom. The Kier molecular flexibility index (Phi) is 2.81. The van der Waals surface area contributed by atoms with Crippen molar-refractivity contribution in [3.8, 4) is 0 Å². The molecule has 0 heterocycles. The molecule has 0 radical (unpaired) electrons. The quantitative estimate of drug-likeness (QED) is 0.466. The zero-order valence-electron chi connectivity index (χ0n) is 6.07. The van der Waals surface area contributed by atoms with Gasteiger partial charge in [0.2, 0.25) is 0 Å². The fourth-order valence-corrected chi connectivity index (χ4v) is 1.92. The summed E-state index contributed by atoms with van der Waals surface area (Å²) in [6, 6.07) is 0. The van der Waals surface area contributed by atoms with Crippen molar-refractivity contribution >= 4 is 34.2 Å². The van der Waals surface area contributed by atoms with Gasteiger partial charge in [0, 0.05) is 3.58 Å². The van der Waals surface area contributed by atoms with Crippen LogP contribution in [0.5, 0.6) is 0 Å². The molecule has 1 rings (SSSR count). The number of allylic oxidation sites excluding steroid dienone is 4. The lowest BCUT2D eigenvalue weighted by Crippen LogP contribution is -2.15. The summed E-state index contributed by atoms with van der Waals surface area (Å²) in [4.78, 5) is 0. The lowest BCUT2D eigenvalue weighted by atomic mass is 9.94. The SMILES string of the molecule is CC1=CC=C(I)[C@H](Cl)C1C. The van der Waals surface area contributed by atoms with Gasteiger partial charge in [0.25, 0.3) is 0 Å². The summed E-state index contributed by atoms with van der Waals surface area (Å²) in [5, 5.41) is 0.200. The fraction of sp³-hybridized carbons (Fsp3) is 0.500. The highest BCUT2D eigenvalue weighted by Gasteiger charge is 2.20. The first-order chi connectivity index (χ1) is 4.63. The molecule has 0 aromatic heterocycles. The van der Waals surface area contributed by atoms with E-state index < -0.39 is 0 Å². The molecule has 0 nitrogen and oxygen atoms in total. The minimum absolute atomic E-state index is 0.200. The van der Waals surface area contributed by atoms with Gasteiger partial charge in [-0.2, -0.15) is 0 Å². The van der Waals surface area contributed by atoms with E-state index in [0.717, 1.165) is 0 Å². The molecule has 0 spiro atoms. The normalized spacial score (nSPS) is 33.2. The summed E-state index contributed by atoms with van der Waals surface area (Å²) in [6.07, 6.45) is 4.23. The highest BCUT2D eigenvalue weighted by atomic mass is 127. The Labute approximate surface area is 80.5 Å². The van der Waals surface area contributed by atoms with Gasteiger partial charge in [0.1, 0.15) is 0 Å². The van der Waals surface area contributed by atoms with E-state index in [1.807, 2.05) is 0 Å². The van der Waals surface area contributed by atoms with Crippen LogP contribution in [-0.2, 0) is 0 Å². The van der Waals surface area contributed by atoms with E-state index in [0.29, 0.717) is 5.92 Å². The van der Waals surface area contributed by atoms with Crippen LogP contribution in [0.2, 0.25) is 0 Å². The van der Waals surface area contributed by atoms with Crippen LogP contribution in [0.15, 0.2) is 21.3 Å². The third-order valence-electron chi connectivity index (χ3n) is 1.93. The van der Waals surface area contributed by atoms with Crippen LogP contribution in [0, 0.1) is 5.92 Å². The van der Waals surface area contributed by atoms with Crippen LogP contribution in [-0.4, -0.2) is 5.38 Å². The van der Waals surface area contributed by atoms with Gasteiger partial charge in [-0.15, -0.1) is 11.6 Å². The van der Waals surface area contributed by atoms with Crippen molar-refractivity contribution in [2.45, 2.75) is 19.2 Å². The zero-order valence-corrected chi connectivity index (χ0v) is 8.98. The number of rotatable bonds is 0. The maximum absolute atomic E-state index is 6.10. The second-order valence-electron chi connectivity index (χ2n) is 2.65. The van der Waals surface area contributed by atoms with Crippen LogP contribution in [0.25, 0.3) is 0 Å². The summed E-state index contributed by atoms with van der Waals surface area (Å²) in [7, 11) is 0. The largest absolute Gasteiger partial charge is 0.117 e. The molecule has 1 unspecified atom stereocenters. The van der Waals surface area contributed by atoms with E-state index in [9.17, 15) is 0 Å². The summed E-state index contributed by atoms with van der Waals surface area (Å²) in [5.74, 6) is 0.499. The molecule has 1 aliphatic rings. The third-order valence-corrected chi connectivity index (χ3v) is 3.94. The van der Waals surface area contributed by atoms with Gasteiger partial charge in [-0.25, -0.2) is 0 Å². The second-order valence-corrected chi connectivity index (χ2v) is 4.37. The minimum Gasteiger partial charge on any atom is -0.117 e. The monoisotopic (exact) mass is 268 g/mol. The minimum atomic E-state index is 0.200. The van der Waals surface area contributed by atoms with Crippen LogP contribution in [0.4, 0.5) is 0 Å². The first-order valence-electron chi connectivity index (χ1n) is 3.31. The number of alkyl halides is 1. The van der Waals surface area contributed by atoms with E-state index >= 15 is 0 Å². The molecule has 0 N–H and O–H groups in total. The van der Waals surface area contributed by atoms with Gasteiger partial charge in [-0.1, -0.05) is 24.6 Å². The van der Waals surface area contributed by atoms with E-state index in [2.05, 4.69) is 48.6 Å². The van der Waals surface area contributed by atoms with Gasteiger partial charge in [-0.05, 0) is 35.4 Å². The third kappa shape index (κ3) is 1.56. The number of halogens is 2. The predicted molar refractivity (Wildman–Crippen MR) is 54.7 cm³/mol. The predicted octanol–water partition coefficient (Wildman–Crippen LogP) is 3.51. The molecule has 0 saturated heterocycles. The molecule has 0 bridgehead atoms. The lowest BCUT2D eigenvalue weighted by Gasteiger charge is -2.21. The molecular weight excluding hydrogens is 258 g/mol. The van der Waals surface area contributed by atoms with Gasteiger partial charge in [-0.3, -0.25) is 0 Å². The van der Waals surface area contributed by atoms with Crippen LogP contribution < -0.4 is 0 Å². The van der Waals surface area contributed by atoms with Gasteiger partial charge in [0.05, 0.1) is 5.38 Å². The van der Waals surface area contributed by atoms with Gasteiger partial charge < -0.3 is 0 Å². The Morgan fingerprint density at radius 2 is 2.10 bits per heavy atom. The van der Waals surface area contributed by atoms with Crippen molar-refractivity contribution in [2.24, 2.45) is 5.92 Å². The van der Waals surface area contributed by atoms with Crippen molar-refractivity contribution in [2.75, 3.05) is 0 Å². The van der Waals surface area contributed by atoms with E-state index in [1.54, 1.807) is 0 Å². The highest BCUT2D eigenvalue weighted by molar-refractivity contribution is 14.1. The van der Waals surface area contributed by atoms with Crippen molar-refractivity contribution in [1.82, 2.24) is 0 Å². The molecule has 2 heteroatoms. The molecule has 1 aliphatic carbocycles. The molecular formula is C8H10ClI. The Balaban J connectivity index is 2.86. The van der Waals surface area contributed by atoms with Crippen molar-refractivity contribution in [3.63, 3.8) is 0 Å². The lowest BCUT2D eigenvalue weighted by molar-refractivity contribution is 0.692. The summed E-state index contributed by atoms with van der Waals surface area (Å²) in [5.41, 5.74) is 1.38. The molecule has 0 aliphatic heterocycles. The number of hydrogen-bond donors (Lipinski definition) is 0. The molecule has 0 fully saturated rings. The van der Waals surface area contributed by atoms with Crippen molar-refractivity contribution in [1.29, 1.82) is 0 Å². The number of hydrogen-bond acceptors (Lipinski definition) is 0. The standard InChI is InChI=1S/C8H10ClI/c1-5-3-4-7(10)8(9)6(5)2/h3-4,6,8H,1-2H3/t6?,8-/m1/s1. The van der Waals surface area contributed by atoms with Gasteiger partial charge >= 0.3 is 0 Å². The highest BCUT2D eigenvalue weighted by Crippen LogP contribution is 2.32. The molecule has 0 aromatic carbocycles. The van der Waals surface area contributed by atoms with Crippen LogP contribution in [0.3, 0.4) is 0 Å². The van der Waals surface area contributed by atoms with Crippen molar-refractivity contribution in [3.05, 3.63) is 21.3 Å². The van der Waals surface area contributed by atoms with Gasteiger partial charge in [0.15, 0.2) is 0 Å². The van der Waals surface area contributed by atoms with Crippen LogP contribution >= 0.6 is 34.2 Å². The Hall–Kier alpha value is 0.500. The first kappa shape index (κ1) is 8.60. The fourth-order valence-electron chi connectivity index (χ4n) is 0.924. The Bertz CT molecular complexity index is 171. The van der Waals surface area contributed by atoms with E-state index in [4.69, 9.17) is 11.6 Å². The van der Waals surface area contributed by atoms with Crippen LogP contribution in [0.1, 0.15) is 13.8 Å². The molecule has 10 heavy (non-hydrogen) atoms. The second kappa shape index (κ2) is 3.26. The summed E-state index contributed by atoms with van der Waals surface area (Å²) >= 11 is 8.39. The molecule has 2 atom stereocenters. The summed E-state index contributed by atoms with van der Waals surface area (Å²) in [6.45, 7) is 4.29. The topological polar surface area (TPSA) is 0 Å². The maximum atomic E-state index is 6.10. The smallest absolute Gasteiger partial charge is 0.0705 e. The first-order valence-corrected chi connectivity index (χ1v) is 4.82. The molecule has 0 saturated carbocycles. The molecule has 56 valence electrons. The summed E-state index contributed by atoms with van der Waals surface area (Å²) < 4.78 is 1.25. The molecule has 0 aromatic rings. The Morgan fingerprint density at radius 1 is 1.50 bits per heavy atom.